The van der Waals surface area contributed by atoms with Gasteiger partial charge in [-0.15, -0.1) is 0 Å². The first-order valence-electron chi connectivity index (χ1n) is 6.38. The van der Waals surface area contributed by atoms with Crippen molar-refractivity contribution in [2.75, 3.05) is 6.61 Å². The topological polar surface area (TPSA) is 74.4 Å². The van der Waals surface area contributed by atoms with Gasteiger partial charge in [-0.1, -0.05) is 6.07 Å². The van der Waals surface area contributed by atoms with Gasteiger partial charge < -0.3 is 9.30 Å². The molecule has 0 saturated carbocycles. The zero-order valence-corrected chi connectivity index (χ0v) is 11.6. The Bertz CT molecular complexity index is 707. The Morgan fingerprint density at radius 1 is 1.36 bits per heavy atom. The molecule has 6 nitrogen and oxygen atoms in total. The Labute approximate surface area is 124 Å². The number of hydrogen-bond acceptors (Lipinski definition) is 4. The predicted molar refractivity (Wildman–Crippen MR) is 72.5 cm³/mol. The summed E-state index contributed by atoms with van der Waals surface area (Å²) in [4.78, 5) is 21.9. The van der Waals surface area contributed by atoms with Crippen LogP contribution in [0.5, 0.6) is 0 Å². The van der Waals surface area contributed by atoms with Gasteiger partial charge in [-0.3, -0.25) is 10.1 Å². The van der Waals surface area contributed by atoms with Gasteiger partial charge in [-0.25, -0.2) is 13.6 Å². The third-order valence-corrected chi connectivity index (χ3v) is 2.97. The summed E-state index contributed by atoms with van der Waals surface area (Å²) >= 11 is 0. The van der Waals surface area contributed by atoms with Gasteiger partial charge in [0.1, 0.15) is 17.3 Å². The minimum absolute atomic E-state index is 0.0753. The first-order valence-corrected chi connectivity index (χ1v) is 6.38. The minimum Gasteiger partial charge on any atom is -0.461 e. The molecule has 0 saturated heterocycles. The molecular weight excluding hydrogens is 298 g/mol. The van der Waals surface area contributed by atoms with Crippen LogP contribution in [0.25, 0.3) is 0 Å². The Morgan fingerprint density at radius 3 is 2.55 bits per heavy atom. The number of nitrogens with zero attached hydrogens (tertiary/aromatic N) is 2. The van der Waals surface area contributed by atoms with Crippen molar-refractivity contribution >= 4 is 11.7 Å². The Balaban J connectivity index is 2.45. The summed E-state index contributed by atoms with van der Waals surface area (Å²) in [6.07, 6.45) is 1.04. The molecule has 0 aliphatic heterocycles. The average Bonchev–Trinajstić information content (AvgIpc) is 2.87. The third-order valence-electron chi connectivity index (χ3n) is 2.97. The number of ether oxygens (including phenoxy) is 1. The monoisotopic (exact) mass is 310 g/mol. The molecule has 1 aromatic heterocycles. The highest BCUT2D eigenvalue weighted by molar-refractivity contribution is 5.88. The van der Waals surface area contributed by atoms with Crippen molar-refractivity contribution in [2.24, 2.45) is 0 Å². The number of nitro groups is 1. The van der Waals surface area contributed by atoms with Crippen LogP contribution in [0.3, 0.4) is 0 Å². The zero-order valence-electron chi connectivity index (χ0n) is 11.6. The van der Waals surface area contributed by atoms with Crippen LogP contribution in [-0.4, -0.2) is 22.1 Å². The highest BCUT2D eigenvalue weighted by Crippen LogP contribution is 2.21. The predicted octanol–water partition coefficient (Wildman–Crippen LogP) is 2.90. The van der Waals surface area contributed by atoms with Gasteiger partial charge in [0.05, 0.1) is 24.3 Å². The maximum absolute atomic E-state index is 13.7. The van der Waals surface area contributed by atoms with E-state index < -0.39 is 22.5 Å². The number of aromatic nitrogens is 1. The lowest BCUT2D eigenvalue weighted by molar-refractivity contribution is -0.384. The fourth-order valence-corrected chi connectivity index (χ4v) is 1.96. The molecule has 0 unspecified atom stereocenters. The molecule has 0 bridgehead atoms. The van der Waals surface area contributed by atoms with Crippen molar-refractivity contribution in [1.29, 1.82) is 0 Å². The van der Waals surface area contributed by atoms with E-state index in [4.69, 9.17) is 4.74 Å². The molecule has 0 aliphatic carbocycles. The van der Waals surface area contributed by atoms with Crippen molar-refractivity contribution in [1.82, 2.24) is 4.57 Å². The number of carbonyl (C=O) groups is 1. The molecule has 8 heteroatoms. The van der Waals surface area contributed by atoms with E-state index in [1.165, 1.54) is 6.07 Å². The van der Waals surface area contributed by atoms with Gasteiger partial charge in [-0.2, -0.15) is 0 Å². The molecule has 1 heterocycles. The highest BCUT2D eigenvalue weighted by atomic mass is 19.1. The molecule has 0 amide bonds. The van der Waals surface area contributed by atoms with E-state index in [1.807, 2.05) is 0 Å². The van der Waals surface area contributed by atoms with E-state index >= 15 is 0 Å². The normalized spacial score (nSPS) is 10.5. The Morgan fingerprint density at radius 2 is 2.00 bits per heavy atom. The van der Waals surface area contributed by atoms with Crippen LogP contribution in [0.15, 0.2) is 30.5 Å². The van der Waals surface area contributed by atoms with E-state index in [1.54, 1.807) is 6.92 Å². The standard InChI is InChI=1S/C14H12F2N2O4/c1-2-22-14(19)13-6-9(18(20)21)7-17(13)8-10-11(15)4-3-5-12(10)16/h3-7H,2,8H2,1H3. The lowest BCUT2D eigenvalue weighted by Gasteiger charge is -2.09. The highest BCUT2D eigenvalue weighted by Gasteiger charge is 2.22. The number of esters is 1. The van der Waals surface area contributed by atoms with E-state index in [0.29, 0.717) is 0 Å². The summed E-state index contributed by atoms with van der Waals surface area (Å²) in [7, 11) is 0. The van der Waals surface area contributed by atoms with E-state index in [2.05, 4.69) is 0 Å². The fourth-order valence-electron chi connectivity index (χ4n) is 1.96. The largest absolute Gasteiger partial charge is 0.461 e. The summed E-state index contributed by atoms with van der Waals surface area (Å²) in [6, 6.07) is 4.36. The maximum atomic E-state index is 13.7. The van der Waals surface area contributed by atoms with Crippen molar-refractivity contribution in [2.45, 2.75) is 13.5 Å². The van der Waals surface area contributed by atoms with Crippen molar-refractivity contribution in [3.05, 3.63) is 63.5 Å². The lowest BCUT2D eigenvalue weighted by Crippen LogP contribution is -2.13. The molecular formula is C14H12F2N2O4. The van der Waals surface area contributed by atoms with Crippen molar-refractivity contribution < 1.29 is 23.2 Å². The Kier molecular flexibility index (Phi) is 4.50. The van der Waals surface area contributed by atoms with Crippen LogP contribution in [-0.2, 0) is 11.3 Å². The van der Waals surface area contributed by atoms with Crippen molar-refractivity contribution in [3.8, 4) is 0 Å². The zero-order chi connectivity index (χ0) is 16.3. The second-order valence-corrected chi connectivity index (χ2v) is 4.39. The van der Waals surface area contributed by atoms with Crippen LogP contribution in [0, 0.1) is 21.7 Å². The van der Waals surface area contributed by atoms with E-state index in [0.717, 1.165) is 29.0 Å². The van der Waals surface area contributed by atoms with Crippen LogP contribution in [0.4, 0.5) is 14.5 Å². The number of rotatable bonds is 5. The van der Waals surface area contributed by atoms with Crippen LogP contribution < -0.4 is 0 Å². The summed E-state index contributed by atoms with van der Waals surface area (Å²) in [5, 5.41) is 10.8. The van der Waals surface area contributed by atoms with Crippen molar-refractivity contribution in [3.63, 3.8) is 0 Å². The molecule has 0 aliphatic rings. The summed E-state index contributed by atoms with van der Waals surface area (Å²) in [5.74, 6) is -2.40. The van der Waals surface area contributed by atoms with Crippen LogP contribution >= 0.6 is 0 Å². The molecule has 0 atom stereocenters. The first-order chi connectivity index (χ1) is 10.4. The second-order valence-electron chi connectivity index (χ2n) is 4.39. The van der Waals surface area contributed by atoms with Gasteiger partial charge in [0.15, 0.2) is 0 Å². The molecule has 0 N–H and O–H groups in total. The van der Waals surface area contributed by atoms with Gasteiger partial charge >= 0.3 is 5.97 Å². The number of halogens is 2. The fraction of sp³-hybridized carbons (Fsp3) is 0.214. The van der Waals surface area contributed by atoms with Crippen LogP contribution in [0.1, 0.15) is 23.0 Å². The van der Waals surface area contributed by atoms with E-state index in [-0.39, 0.29) is 30.1 Å². The van der Waals surface area contributed by atoms with Gasteiger partial charge in [-0.05, 0) is 19.1 Å². The quantitative estimate of drug-likeness (QED) is 0.483. The molecule has 22 heavy (non-hydrogen) atoms. The molecule has 2 rings (SSSR count). The van der Waals surface area contributed by atoms with Crippen LogP contribution in [0.2, 0.25) is 0 Å². The van der Waals surface area contributed by atoms with Gasteiger partial charge in [0.25, 0.3) is 5.69 Å². The minimum atomic E-state index is -0.800. The smallest absolute Gasteiger partial charge is 0.355 e. The maximum Gasteiger partial charge on any atom is 0.355 e. The SMILES string of the molecule is CCOC(=O)c1cc([N+](=O)[O-])cn1Cc1c(F)cccc1F. The summed E-state index contributed by atoms with van der Waals surface area (Å²) in [5.41, 5.74) is -0.797. The number of hydrogen-bond donors (Lipinski definition) is 0. The second kappa shape index (κ2) is 6.33. The average molecular weight is 310 g/mol. The van der Waals surface area contributed by atoms with Gasteiger partial charge in [0.2, 0.25) is 0 Å². The molecule has 0 spiro atoms. The molecule has 0 radical (unpaired) electrons. The molecule has 2 aromatic rings. The third kappa shape index (κ3) is 3.11. The molecule has 1 aromatic carbocycles. The summed E-state index contributed by atoms with van der Waals surface area (Å²) in [6.45, 7) is 1.29. The van der Waals surface area contributed by atoms with Gasteiger partial charge in [0, 0.05) is 11.6 Å². The molecule has 0 fully saturated rings. The van der Waals surface area contributed by atoms with E-state index in [9.17, 15) is 23.7 Å². The molecule has 116 valence electrons. The first kappa shape index (κ1) is 15.6. The lowest BCUT2D eigenvalue weighted by atomic mass is 10.2. The Hall–Kier alpha value is -2.77. The summed E-state index contributed by atoms with van der Waals surface area (Å²) < 4.78 is 33.2. The number of benzene rings is 1. The number of carbonyl (C=O) groups excluding carboxylic acids is 1.